The summed E-state index contributed by atoms with van der Waals surface area (Å²) in [6, 6.07) is 3.58. The molecule has 0 atom stereocenters. The van der Waals surface area contributed by atoms with Crippen molar-refractivity contribution in [1.82, 2.24) is 14.5 Å². The predicted octanol–water partition coefficient (Wildman–Crippen LogP) is 0.473. The Balaban J connectivity index is 2.19. The van der Waals surface area contributed by atoms with Crippen LogP contribution in [0.15, 0.2) is 30.7 Å². The van der Waals surface area contributed by atoms with Crippen molar-refractivity contribution in [2.75, 3.05) is 11.9 Å². The van der Waals surface area contributed by atoms with Gasteiger partial charge in [-0.05, 0) is 19.1 Å². The van der Waals surface area contributed by atoms with Crippen molar-refractivity contribution in [2.24, 2.45) is 5.73 Å². The Morgan fingerprint density at radius 3 is 2.82 bits per heavy atom. The van der Waals surface area contributed by atoms with E-state index >= 15 is 0 Å². The van der Waals surface area contributed by atoms with Crippen molar-refractivity contribution < 1.29 is 4.79 Å². The van der Waals surface area contributed by atoms with Gasteiger partial charge in [0.15, 0.2) is 0 Å². The second kappa shape index (κ2) is 4.75. The summed E-state index contributed by atoms with van der Waals surface area (Å²) in [6.07, 6.45) is 5.12. The normalized spacial score (nSPS) is 10.2. The van der Waals surface area contributed by atoms with Crippen LogP contribution in [0.2, 0.25) is 0 Å². The molecule has 3 N–H and O–H groups in total. The van der Waals surface area contributed by atoms with Gasteiger partial charge in [-0.1, -0.05) is 0 Å². The number of hydrogen-bond donors (Lipinski definition) is 2. The molecule has 0 aromatic carbocycles. The van der Waals surface area contributed by atoms with Crippen LogP contribution in [0.4, 0.5) is 5.69 Å². The summed E-state index contributed by atoms with van der Waals surface area (Å²) in [4.78, 5) is 19.4. The summed E-state index contributed by atoms with van der Waals surface area (Å²) in [5.74, 6) is 1.38. The van der Waals surface area contributed by atoms with Gasteiger partial charge in [0.05, 0.1) is 18.4 Å². The van der Waals surface area contributed by atoms with Crippen LogP contribution in [0.3, 0.4) is 0 Å². The Morgan fingerprint density at radius 2 is 2.29 bits per heavy atom. The van der Waals surface area contributed by atoms with Gasteiger partial charge in [-0.3, -0.25) is 9.36 Å². The van der Waals surface area contributed by atoms with E-state index in [4.69, 9.17) is 5.73 Å². The van der Waals surface area contributed by atoms with Crippen LogP contribution in [-0.2, 0) is 4.79 Å². The molecule has 0 aliphatic heterocycles. The summed E-state index contributed by atoms with van der Waals surface area (Å²) < 4.78 is 1.86. The highest BCUT2D eigenvalue weighted by Crippen LogP contribution is 2.11. The fourth-order valence-corrected chi connectivity index (χ4v) is 1.43. The molecule has 0 unspecified atom stereocenters. The molecule has 0 fully saturated rings. The first-order valence-corrected chi connectivity index (χ1v) is 5.17. The lowest BCUT2D eigenvalue weighted by atomic mass is 10.4. The minimum Gasteiger partial charge on any atom is -0.324 e. The lowest BCUT2D eigenvalue weighted by Gasteiger charge is -2.06. The van der Waals surface area contributed by atoms with E-state index in [1.54, 1.807) is 24.5 Å². The second-order valence-corrected chi connectivity index (χ2v) is 3.50. The summed E-state index contributed by atoms with van der Waals surface area (Å²) in [6.45, 7) is 1.86. The van der Waals surface area contributed by atoms with E-state index in [0.717, 1.165) is 11.6 Å². The number of rotatable bonds is 3. The zero-order valence-electron chi connectivity index (χ0n) is 9.42. The molecule has 88 valence electrons. The van der Waals surface area contributed by atoms with Crippen LogP contribution < -0.4 is 11.1 Å². The maximum atomic E-state index is 11.1. The Hall–Kier alpha value is -2.21. The largest absolute Gasteiger partial charge is 0.324 e. The van der Waals surface area contributed by atoms with Gasteiger partial charge in [0.2, 0.25) is 5.91 Å². The number of hydrogen-bond acceptors (Lipinski definition) is 4. The van der Waals surface area contributed by atoms with Gasteiger partial charge in [-0.25, -0.2) is 9.97 Å². The van der Waals surface area contributed by atoms with Crippen molar-refractivity contribution in [3.05, 3.63) is 36.5 Å². The highest BCUT2D eigenvalue weighted by atomic mass is 16.1. The van der Waals surface area contributed by atoms with Gasteiger partial charge >= 0.3 is 0 Å². The maximum absolute atomic E-state index is 11.1. The number of anilines is 1. The lowest BCUT2D eigenvalue weighted by molar-refractivity contribution is -0.114. The quantitative estimate of drug-likeness (QED) is 0.804. The highest BCUT2D eigenvalue weighted by molar-refractivity contribution is 5.91. The van der Waals surface area contributed by atoms with Gasteiger partial charge < -0.3 is 11.1 Å². The molecule has 0 saturated carbocycles. The Morgan fingerprint density at radius 1 is 1.47 bits per heavy atom. The van der Waals surface area contributed by atoms with Gasteiger partial charge in [0, 0.05) is 12.4 Å². The first-order valence-electron chi connectivity index (χ1n) is 5.17. The van der Waals surface area contributed by atoms with Crippen LogP contribution in [0.5, 0.6) is 0 Å². The van der Waals surface area contributed by atoms with Gasteiger partial charge in [-0.15, -0.1) is 0 Å². The van der Waals surface area contributed by atoms with Crippen molar-refractivity contribution in [2.45, 2.75) is 6.92 Å². The molecule has 2 rings (SSSR count). The number of carbonyl (C=O) groups is 1. The molecule has 2 aromatic heterocycles. The Kier molecular flexibility index (Phi) is 3.15. The van der Waals surface area contributed by atoms with E-state index in [-0.39, 0.29) is 12.5 Å². The molecule has 6 nitrogen and oxygen atoms in total. The molecule has 0 aliphatic carbocycles. The standard InChI is InChI=1S/C11H13N5O/c1-8-13-4-5-16(8)10-3-2-9(7-14-10)15-11(17)6-12/h2-5,7H,6,12H2,1H3,(H,15,17). The third-order valence-corrected chi connectivity index (χ3v) is 2.29. The summed E-state index contributed by atoms with van der Waals surface area (Å²) in [5, 5.41) is 2.63. The molecule has 0 saturated heterocycles. The number of pyridine rings is 1. The summed E-state index contributed by atoms with van der Waals surface area (Å²) in [5.41, 5.74) is 5.83. The third kappa shape index (κ3) is 2.48. The van der Waals surface area contributed by atoms with Crippen LogP contribution in [0, 0.1) is 6.92 Å². The van der Waals surface area contributed by atoms with Crippen LogP contribution in [0.1, 0.15) is 5.82 Å². The molecular formula is C11H13N5O. The van der Waals surface area contributed by atoms with Gasteiger partial charge in [-0.2, -0.15) is 0 Å². The number of amides is 1. The molecular weight excluding hydrogens is 218 g/mol. The number of aromatic nitrogens is 3. The van der Waals surface area contributed by atoms with Crippen molar-refractivity contribution in [1.29, 1.82) is 0 Å². The zero-order valence-corrected chi connectivity index (χ0v) is 9.42. The van der Waals surface area contributed by atoms with Crippen molar-refractivity contribution >= 4 is 11.6 Å². The molecule has 2 heterocycles. The summed E-state index contributed by atoms with van der Waals surface area (Å²) >= 11 is 0. The molecule has 0 bridgehead atoms. The highest BCUT2D eigenvalue weighted by Gasteiger charge is 2.03. The van der Waals surface area contributed by atoms with Gasteiger partial charge in [0.25, 0.3) is 0 Å². The maximum Gasteiger partial charge on any atom is 0.238 e. The minimum atomic E-state index is -0.238. The third-order valence-electron chi connectivity index (χ3n) is 2.29. The Bertz CT molecular complexity index is 517. The van der Waals surface area contributed by atoms with E-state index < -0.39 is 0 Å². The molecule has 0 radical (unpaired) electrons. The molecule has 2 aromatic rings. The first-order chi connectivity index (χ1) is 8.20. The average Bonchev–Trinajstić information content (AvgIpc) is 2.76. The van der Waals surface area contributed by atoms with E-state index in [1.807, 2.05) is 17.7 Å². The Labute approximate surface area is 98.5 Å². The average molecular weight is 231 g/mol. The number of nitrogens with two attached hydrogens (primary N) is 1. The lowest BCUT2D eigenvalue weighted by Crippen LogP contribution is -2.21. The number of carbonyl (C=O) groups excluding carboxylic acids is 1. The first kappa shape index (κ1) is 11.3. The van der Waals surface area contributed by atoms with Crippen molar-refractivity contribution in [3.8, 4) is 5.82 Å². The monoisotopic (exact) mass is 231 g/mol. The number of imidazole rings is 1. The fourth-order valence-electron chi connectivity index (χ4n) is 1.43. The van der Waals surface area contributed by atoms with E-state index in [2.05, 4.69) is 15.3 Å². The van der Waals surface area contributed by atoms with Crippen molar-refractivity contribution in [3.63, 3.8) is 0 Å². The smallest absolute Gasteiger partial charge is 0.238 e. The second-order valence-electron chi connectivity index (χ2n) is 3.50. The van der Waals surface area contributed by atoms with Crippen LogP contribution in [0.25, 0.3) is 5.82 Å². The van der Waals surface area contributed by atoms with Crippen LogP contribution in [-0.4, -0.2) is 27.0 Å². The van der Waals surface area contributed by atoms with Crippen LogP contribution >= 0.6 is 0 Å². The predicted molar refractivity (Wildman–Crippen MR) is 63.8 cm³/mol. The minimum absolute atomic E-state index is 0.0393. The zero-order chi connectivity index (χ0) is 12.3. The fraction of sp³-hybridized carbons (Fsp3) is 0.182. The molecule has 6 heteroatoms. The number of nitrogens with zero attached hydrogens (tertiary/aromatic N) is 3. The molecule has 1 amide bonds. The van der Waals surface area contributed by atoms with Gasteiger partial charge in [0.1, 0.15) is 11.6 Å². The van der Waals surface area contributed by atoms with E-state index in [1.165, 1.54) is 0 Å². The summed E-state index contributed by atoms with van der Waals surface area (Å²) in [7, 11) is 0. The molecule has 0 aliphatic rings. The topological polar surface area (TPSA) is 85.8 Å². The number of nitrogens with one attached hydrogen (secondary N) is 1. The molecule has 0 spiro atoms. The molecule has 17 heavy (non-hydrogen) atoms. The SMILES string of the molecule is Cc1nccn1-c1ccc(NC(=O)CN)cn1. The number of aryl methyl sites for hydroxylation is 1. The van der Waals surface area contributed by atoms with E-state index in [0.29, 0.717) is 5.69 Å². The van der Waals surface area contributed by atoms with E-state index in [9.17, 15) is 4.79 Å².